The Morgan fingerprint density at radius 3 is 2.75 bits per heavy atom. The first-order valence-corrected chi connectivity index (χ1v) is 11.0. The summed E-state index contributed by atoms with van der Waals surface area (Å²) in [5.74, 6) is 0.547. The van der Waals surface area contributed by atoms with Gasteiger partial charge in [0.1, 0.15) is 11.6 Å². The van der Waals surface area contributed by atoms with E-state index in [4.69, 9.17) is 9.47 Å². The lowest BCUT2D eigenvalue weighted by molar-refractivity contribution is -0.135. The fourth-order valence-electron chi connectivity index (χ4n) is 4.50. The highest BCUT2D eigenvalue weighted by molar-refractivity contribution is 5.72. The molecule has 1 saturated heterocycles. The van der Waals surface area contributed by atoms with E-state index in [-0.39, 0.29) is 18.2 Å². The summed E-state index contributed by atoms with van der Waals surface area (Å²) < 4.78 is 25.7. The topological polar surface area (TPSA) is 47.6 Å². The summed E-state index contributed by atoms with van der Waals surface area (Å²) in [6.45, 7) is 6.33. The van der Waals surface area contributed by atoms with Gasteiger partial charge >= 0.3 is 5.97 Å². The molecule has 0 aromatic heterocycles. The van der Waals surface area contributed by atoms with Crippen LogP contribution >= 0.6 is 0 Å². The van der Waals surface area contributed by atoms with Gasteiger partial charge in [0.15, 0.2) is 0 Å². The molecule has 1 aromatic carbocycles. The van der Waals surface area contributed by atoms with E-state index in [0.717, 1.165) is 49.8 Å². The largest absolute Gasteiger partial charge is 0.426 e. The van der Waals surface area contributed by atoms with Crippen molar-refractivity contribution in [3.8, 4) is 5.75 Å². The predicted octanol–water partition coefficient (Wildman–Crippen LogP) is 4.75. The number of halogens is 1. The highest BCUT2D eigenvalue weighted by Crippen LogP contribution is 2.43. The van der Waals surface area contributed by atoms with Crippen LogP contribution in [0.25, 0.3) is 0 Å². The molecule has 28 heavy (non-hydrogen) atoms. The van der Waals surface area contributed by atoms with Gasteiger partial charge in [-0.2, -0.15) is 0 Å². The summed E-state index contributed by atoms with van der Waals surface area (Å²) >= 11 is 0. The summed E-state index contributed by atoms with van der Waals surface area (Å²) in [6.07, 6.45) is 7.63. The molecular weight excluding hydrogens is 357 g/mol. The van der Waals surface area contributed by atoms with Crippen molar-refractivity contribution >= 4 is 5.97 Å². The minimum absolute atomic E-state index is 0.192. The summed E-state index contributed by atoms with van der Waals surface area (Å²) in [5.41, 5.74) is 1.83. The predicted molar refractivity (Wildman–Crippen MR) is 108 cm³/mol. The van der Waals surface area contributed by atoms with Crippen LogP contribution in [0.3, 0.4) is 0 Å². The number of carbonyl (C=O) groups excluding carboxylic acids is 1. The van der Waals surface area contributed by atoms with Gasteiger partial charge in [-0.1, -0.05) is 39.5 Å². The Balaban J connectivity index is 1.55. The standard InChI is InChI=1S/C23H34FNO3/c1-3-5-6-7-10-27-11-9-22(26)28-17-13-19-18(8-4-2)23-16(15-25-23)12-20(19)21(24)14-17/h13-14,16,18,23,25H,3-12,15H2,1-2H3. The third-order valence-corrected chi connectivity index (χ3v) is 6.05. The number of hydrogen-bond acceptors (Lipinski definition) is 4. The molecule has 0 saturated carbocycles. The van der Waals surface area contributed by atoms with E-state index in [1.165, 1.54) is 18.9 Å². The van der Waals surface area contributed by atoms with Gasteiger partial charge in [0.2, 0.25) is 0 Å². The molecule has 4 nitrogen and oxygen atoms in total. The van der Waals surface area contributed by atoms with Crippen molar-refractivity contribution in [2.45, 2.75) is 77.2 Å². The lowest BCUT2D eigenvalue weighted by Gasteiger charge is -2.48. The summed E-state index contributed by atoms with van der Waals surface area (Å²) in [7, 11) is 0. The van der Waals surface area contributed by atoms with E-state index in [0.29, 0.717) is 36.8 Å². The molecule has 0 spiro atoms. The lowest BCUT2D eigenvalue weighted by Crippen LogP contribution is -2.58. The summed E-state index contributed by atoms with van der Waals surface area (Å²) in [5, 5.41) is 3.51. The van der Waals surface area contributed by atoms with Crippen LogP contribution in [-0.4, -0.2) is 31.8 Å². The zero-order chi connectivity index (χ0) is 19.9. The molecule has 3 rings (SSSR count). The molecule has 0 amide bonds. The number of unbranched alkanes of at least 4 members (excludes halogenated alkanes) is 3. The number of nitrogens with one attached hydrogen (secondary N) is 1. The van der Waals surface area contributed by atoms with Crippen molar-refractivity contribution in [3.63, 3.8) is 0 Å². The van der Waals surface area contributed by atoms with Gasteiger partial charge < -0.3 is 14.8 Å². The van der Waals surface area contributed by atoms with Crippen LogP contribution in [0.2, 0.25) is 0 Å². The number of hydrogen-bond donors (Lipinski definition) is 1. The van der Waals surface area contributed by atoms with Gasteiger partial charge in [0, 0.05) is 31.2 Å². The molecule has 1 N–H and O–H groups in total. The quantitative estimate of drug-likeness (QED) is 0.336. The van der Waals surface area contributed by atoms with E-state index in [2.05, 4.69) is 19.2 Å². The number of carbonyl (C=O) groups is 1. The average Bonchev–Trinajstić information content (AvgIpc) is 2.64. The van der Waals surface area contributed by atoms with E-state index < -0.39 is 0 Å². The Hall–Kier alpha value is -1.46. The number of rotatable bonds is 11. The maximum atomic E-state index is 14.7. The van der Waals surface area contributed by atoms with Crippen molar-refractivity contribution in [2.75, 3.05) is 19.8 Å². The molecule has 1 aliphatic carbocycles. The fourth-order valence-corrected chi connectivity index (χ4v) is 4.50. The average molecular weight is 392 g/mol. The summed E-state index contributed by atoms with van der Waals surface area (Å²) in [4.78, 5) is 12.1. The van der Waals surface area contributed by atoms with Gasteiger partial charge in [-0.05, 0) is 42.4 Å². The maximum absolute atomic E-state index is 14.7. The van der Waals surface area contributed by atoms with Crippen LogP contribution in [-0.2, 0) is 16.0 Å². The van der Waals surface area contributed by atoms with Gasteiger partial charge in [0.05, 0.1) is 13.0 Å². The van der Waals surface area contributed by atoms with Crippen LogP contribution in [0.4, 0.5) is 4.39 Å². The fraction of sp³-hybridized carbons (Fsp3) is 0.696. The van der Waals surface area contributed by atoms with Gasteiger partial charge in [-0.3, -0.25) is 4.79 Å². The Kier molecular flexibility index (Phi) is 7.86. The van der Waals surface area contributed by atoms with Gasteiger partial charge in [-0.15, -0.1) is 0 Å². The molecule has 3 atom stereocenters. The molecule has 1 aliphatic heterocycles. The van der Waals surface area contributed by atoms with Crippen LogP contribution in [0, 0.1) is 11.7 Å². The maximum Gasteiger partial charge on any atom is 0.313 e. The van der Waals surface area contributed by atoms with Crippen LogP contribution in [0.1, 0.15) is 75.8 Å². The first-order valence-electron chi connectivity index (χ1n) is 11.0. The normalized spacial score (nSPS) is 22.9. The molecular formula is C23H34FNO3. The lowest BCUT2D eigenvalue weighted by atomic mass is 9.67. The van der Waals surface area contributed by atoms with Crippen molar-refractivity contribution in [1.29, 1.82) is 0 Å². The first kappa shape index (κ1) is 21.3. The van der Waals surface area contributed by atoms with Crippen molar-refractivity contribution in [1.82, 2.24) is 5.32 Å². The smallest absolute Gasteiger partial charge is 0.313 e. The van der Waals surface area contributed by atoms with E-state index >= 15 is 0 Å². The molecule has 3 unspecified atom stereocenters. The SMILES string of the molecule is CCCCCCOCCC(=O)Oc1cc(F)c2c(c1)C(CCC)C1NCC1C2. The van der Waals surface area contributed by atoms with Crippen LogP contribution in [0.5, 0.6) is 5.75 Å². The Bertz CT molecular complexity index is 663. The highest BCUT2D eigenvalue weighted by atomic mass is 19.1. The van der Waals surface area contributed by atoms with E-state index in [9.17, 15) is 9.18 Å². The Morgan fingerprint density at radius 2 is 2.04 bits per heavy atom. The second-order valence-corrected chi connectivity index (χ2v) is 8.16. The molecule has 1 heterocycles. The van der Waals surface area contributed by atoms with E-state index in [1.807, 2.05) is 6.07 Å². The number of esters is 1. The third kappa shape index (κ3) is 5.12. The third-order valence-electron chi connectivity index (χ3n) is 6.05. The monoisotopic (exact) mass is 391 g/mol. The molecule has 2 aliphatic rings. The number of ether oxygens (including phenoxy) is 2. The molecule has 156 valence electrons. The molecule has 1 fully saturated rings. The summed E-state index contributed by atoms with van der Waals surface area (Å²) in [6, 6.07) is 3.69. The second-order valence-electron chi connectivity index (χ2n) is 8.16. The Morgan fingerprint density at radius 1 is 1.18 bits per heavy atom. The van der Waals surface area contributed by atoms with Crippen molar-refractivity contribution in [2.24, 2.45) is 5.92 Å². The van der Waals surface area contributed by atoms with Crippen molar-refractivity contribution < 1.29 is 18.7 Å². The van der Waals surface area contributed by atoms with Crippen LogP contribution < -0.4 is 10.1 Å². The number of fused-ring (bicyclic) bond motifs is 2. The van der Waals surface area contributed by atoms with Crippen molar-refractivity contribution in [3.05, 3.63) is 29.1 Å². The zero-order valence-electron chi connectivity index (χ0n) is 17.3. The minimum Gasteiger partial charge on any atom is -0.426 e. The minimum atomic E-state index is -0.365. The number of benzene rings is 1. The Labute approximate surface area is 168 Å². The zero-order valence-corrected chi connectivity index (χ0v) is 17.3. The van der Waals surface area contributed by atoms with Gasteiger partial charge in [0.25, 0.3) is 0 Å². The molecule has 0 bridgehead atoms. The van der Waals surface area contributed by atoms with Crippen LogP contribution in [0.15, 0.2) is 12.1 Å². The first-order chi connectivity index (χ1) is 13.6. The highest BCUT2D eigenvalue weighted by Gasteiger charge is 2.42. The van der Waals surface area contributed by atoms with E-state index in [1.54, 1.807) is 0 Å². The molecule has 5 heteroatoms. The second kappa shape index (κ2) is 10.4. The van der Waals surface area contributed by atoms with Gasteiger partial charge in [-0.25, -0.2) is 4.39 Å². The molecule has 0 radical (unpaired) electrons. The molecule has 1 aromatic rings.